The number of benzene rings is 1. The first-order chi connectivity index (χ1) is 9.65. The van der Waals surface area contributed by atoms with E-state index in [1.807, 2.05) is 12.1 Å². The first-order valence-corrected chi connectivity index (χ1v) is 7.82. The number of halogens is 1. The largest absolute Gasteiger partial charge is 0.325 e. The van der Waals surface area contributed by atoms with Crippen LogP contribution >= 0.6 is 11.6 Å². The molecule has 1 saturated carbocycles. The van der Waals surface area contributed by atoms with Crippen LogP contribution in [0.4, 0.5) is 5.69 Å². The van der Waals surface area contributed by atoms with Gasteiger partial charge in [0.15, 0.2) is 0 Å². The molecule has 4 heteroatoms. The lowest BCUT2D eigenvalue weighted by Crippen LogP contribution is -2.39. The Bertz CT molecular complexity index is 427. The summed E-state index contributed by atoms with van der Waals surface area (Å²) < 4.78 is 0. The fourth-order valence-electron chi connectivity index (χ4n) is 2.79. The van der Waals surface area contributed by atoms with E-state index in [0.29, 0.717) is 23.5 Å². The van der Waals surface area contributed by atoms with Crippen LogP contribution in [0.2, 0.25) is 5.02 Å². The Balaban J connectivity index is 1.72. The van der Waals surface area contributed by atoms with Gasteiger partial charge in [-0.15, -0.1) is 0 Å². The van der Waals surface area contributed by atoms with Crippen molar-refractivity contribution in [3.05, 3.63) is 29.3 Å². The molecule has 110 valence electrons. The summed E-state index contributed by atoms with van der Waals surface area (Å²) >= 11 is 5.81. The summed E-state index contributed by atoms with van der Waals surface area (Å²) in [6.07, 6.45) is 6.58. The topological polar surface area (TPSA) is 41.1 Å². The van der Waals surface area contributed by atoms with E-state index < -0.39 is 0 Å². The molecule has 1 aromatic rings. The molecule has 2 N–H and O–H groups in total. The number of amides is 1. The van der Waals surface area contributed by atoms with Crippen molar-refractivity contribution in [3.63, 3.8) is 0 Å². The average Bonchev–Trinajstić information content (AvgIpc) is 2.48. The van der Waals surface area contributed by atoms with Crippen LogP contribution in [-0.2, 0) is 4.79 Å². The maximum Gasteiger partial charge on any atom is 0.238 e. The molecule has 1 aliphatic carbocycles. The molecule has 1 aromatic carbocycles. The first-order valence-electron chi connectivity index (χ1n) is 7.44. The lowest BCUT2D eigenvalue weighted by atomic mass is 9.84. The van der Waals surface area contributed by atoms with E-state index in [4.69, 9.17) is 11.6 Å². The highest BCUT2D eigenvalue weighted by atomic mass is 35.5. The fourth-order valence-corrected chi connectivity index (χ4v) is 2.92. The van der Waals surface area contributed by atoms with Crippen LogP contribution in [0, 0.1) is 5.92 Å². The van der Waals surface area contributed by atoms with Gasteiger partial charge in [-0.25, -0.2) is 0 Å². The number of hydrogen-bond donors (Lipinski definition) is 2. The van der Waals surface area contributed by atoms with Crippen molar-refractivity contribution in [2.75, 3.05) is 11.9 Å². The molecule has 0 heterocycles. The van der Waals surface area contributed by atoms with Crippen LogP contribution in [-0.4, -0.2) is 18.5 Å². The zero-order valence-corrected chi connectivity index (χ0v) is 12.7. The molecule has 0 aromatic heterocycles. The normalized spacial score (nSPS) is 17.7. The zero-order chi connectivity index (χ0) is 14.4. The van der Waals surface area contributed by atoms with Crippen molar-refractivity contribution >= 4 is 23.2 Å². The smallest absolute Gasteiger partial charge is 0.238 e. The summed E-state index contributed by atoms with van der Waals surface area (Å²) in [6.45, 7) is 2.55. The number of carbonyl (C=O) groups is 1. The second-order valence-corrected chi connectivity index (χ2v) is 6.06. The van der Waals surface area contributed by atoms with Crippen LogP contribution in [0.15, 0.2) is 24.3 Å². The van der Waals surface area contributed by atoms with Crippen molar-refractivity contribution in [1.29, 1.82) is 0 Å². The van der Waals surface area contributed by atoms with E-state index in [2.05, 4.69) is 17.6 Å². The molecule has 0 spiro atoms. The van der Waals surface area contributed by atoms with E-state index in [1.54, 1.807) is 12.1 Å². The van der Waals surface area contributed by atoms with E-state index in [9.17, 15) is 4.79 Å². The van der Waals surface area contributed by atoms with Crippen molar-refractivity contribution in [1.82, 2.24) is 5.32 Å². The Labute approximate surface area is 126 Å². The van der Waals surface area contributed by atoms with Crippen molar-refractivity contribution in [2.45, 2.75) is 45.1 Å². The summed E-state index contributed by atoms with van der Waals surface area (Å²) in [4.78, 5) is 11.9. The molecule has 1 atom stereocenters. The number of rotatable bonds is 5. The van der Waals surface area contributed by atoms with Gasteiger partial charge in [0.1, 0.15) is 0 Å². The van der Waals surface area contributed by atoms with Crippen LogP contribution in [0.25, 0.3) is 0 Å². The molecule has 1 aliphatic rings. The third kappa shape index (κ3) is 4.80. The lowest BCUT2D eigenvalue weighted by Gasteiger charge is -2.28. The molecule has 0 bridgehead atoms. The Hall–Kier alpha value is -1.06. The van der Waals surface area contributed by atoms with Gasteiger partial charge in [0, 0.05) is 16.8 Å². The second kappa shape index (κ2) is 7.65. The number of hydrogen-bond acceptors (Lipinski definition) is 2. The molecule has 1 amide bonds. The molecular weight excluding hydrogens is 272 g/mol. The third-order valence-corrected chi connectivity index (χ3v) is 4.32. The molecule has 0 radical (unpaired) electrons. The molecule has 20 heavy (non-hydrogen) atoms. The van der Waals surface area contributed by atoms with E-state index in [-0.39, 0.29) is 5.91 Å². The maximum atomic E-state index is 11.9. The molecule has 3 nitrogen and oxygen atoms in total. The summed E-state index contributed by atoms with van der Waals surface area (Å²) in [5.41, 5.74) is 0.784. The minimum atomic E-state index is -0.00465. The molecule has 0 unspecified atom stereocenters. The highest BCUT2D eigenvalue weighted by Crippen LogP contribution is 2.26. The lowest BCUT2D eigenvalue weighted by molar-refractivity contribution is -0.115. The Morgan fingerprint density at radius 2 is 1.90 bits per heavy atom. The monoisotopic (exact) mass is 294 g/mol. The summed E-state index contributed by atoms with van der Waals surface area (Å²) in [5.74, 6) is 0.710. The van der Waals surface area contributed by atoms with Gasteiger partial charge in [-0.3, -0.25) is 4.79 Å². The number of nitrogens with one attached hydrogen (secondary N) is 2. The Morgan fingerprint density at radius 3 is 2.55 bits per heavy atom. The zero-order valence-electron chi connectivity index (χ0n) is 12.0. The molecule has 1 fully saturated rings. The van der Waals surface area contributed by atoms with Crippen LogP contribution in [0.1, 0.15) is 39.0 Å². The van der Waals surface area contributed by atoms with E-state index in [1.165, 1.54) is 32.1 Å². The molecular formula is C16H23ClN2O. The van der Waals surface area contributed by atoms with Crippen molar-refractivity contribution in [3.8, 4) is 0 Å². The van der Waals surface area contributed by atoms with Crippen molar-refractivity contribution < 1.29 is 4.79 Å². The first kappa shape index (κ1) is 15.3. The Morgan fingerprint density at radius 1 is 1.25 bits per heavy atom. The average molecular weight is 295 g/mol. The minimum Gasteiger partial charge on any atom is -0.325 e. The van der Waals surface area contributed by atoms with E-state index in [0.717, 1.165) is 5.69 Å². The van der Waals surface area contributed by atoms with E-state index >= 15 is 0 Å². The fraction of sp³-hybridized carbons (Fsp3) is 0.562. The maximum absolute atomic E-state index is 11.9. The van der Waals surface area contributed by atoms with Gasteiger partial charge < -0.3 is 10.6 Å². The molecule has 0 saturated heterocycles. The second-order valence-electron chi connectivity index (χ2n) is 5.62. The molecule has 0 aliphatic heterocycles. The van der Waals surface area contributed by atoms with Gasteiger partial charge in [-0.05, 0) is 49.9 Å². The van der Waals surface area contributed by atoms with Gasteiger partial charge >= 0.3 is 0 Å². The number of carbonyl (C=O) groups excluding carboxylic acids is 1. The van der Waals surface area contributed by atoms with Crippen molar-refractivity contribution in [2.24, 2.45) is 5.92 Å². The predicted molar refractivity (Wildman–Crippen MR) is 84.1 cm³/mol. The third-order valence-electron chi connectivity index (χ3n) is 4.07. The van der Waals surface area contributed by atoms with Crippen LogP contribution in [0.5, 0.6) is 0 Å². The predicted octanol–water partition coefficient (Wildman–Crippen LogP) is 3.84. The molecule has 2 rings (SSSR count). The highest BCUT2D eigenvalue weighted by molar-refractivity contribution is 6.30. The summed E-state index contributed by atoms with van der Waals surface area (Å²) in [5, 5.41) is 6.89. The SMILES string of the molecule is C[C@H](NCC(=O)Nc1ccc(Cl)cc1)C1CCCCC1. The van der Waals surface area contributed by atoms with Gasteiger partial charge in [-0.2, -0.15) is 0 Å². The van der Waals surface area contributed by atoms with Crippen LogP contribution in [0.3, 0.4) is 0 Å². The Kier molecular flexibility index (Phi) is 5.86. The highest BCUT2D eigenvalue weighted by Gasteiger charge is 2.20. The van der Waals surface area contributed by atoms with Gasteiger partial charge in [0.25, 0.3) is 0 Å². The van der Waals surface area contributed by atoms with Gasteiger partial charge in [0.2, 0.25) is 5.91 Å². The standard InChI is InChI=1S/C16H23ClN2O/c1-12(13-5-3-2-4-6-13)18-11-16(20)19-15-9-7-14(17)8-10-15/h7-10,12-13,18H,2-6,11H2,1H3,(H,19,20)/t12-/m0/s1. The quantitative estimate of drug-likeness (QED) is 0.866. The number of anilines is 1. The van der Waals surface area contributed by atoms with Gasteiger partial charge in [-0.1, -0.05) is 30.9 Å². The van der Waals surface area contributed by atoms with Gasteiger partial charge in [0.05, 0.1) is 6.54 Å². The van der Waals surface area contributed by atoms with Crippen LogP contribution < -0.4 is 10.6 Å². The minimum absolute atomic E-state index is 0.00465. The summed E-state index contributed by atoms with van der Waals surface area (Å²) in [7, 11) is 0. The summed E-state index contributed by atoms with van der Waals surface area (Å²) in [6, 6.07) is 7.58.